The van der Waals surface area contributed by atoms with Gasteiger partial charge in [-0.05, 0) is 31.2 Å². The summed E-state index contributed by atoms with van der Waals surface area (Å²) in [5.41, 5.74) is 0.0118. The van der Waals surface area contributed by atoms with E-state index in [1.54, 1.807) is 4.90 Å². The van der Waals surface area contributed by atoms with Crippen LogP contribution in [0.15, 0.2) is 30.3 Å². The number of benzene rings is 1. The van der Waals surface area contributed by atoms with Gasteiger partial charge in [-0.25, -0.2) is 4.79 Å². The lowest BCUT2D eigenvalue weighted by Gasteiger charge is -2.42. The van der Waals surface area contributed by atoms with E-state index in [4.69, 9.17) is 10.00 Å². The Bertz CT molecular complexity index is 567. The maximum Gasteiger partial charge on any atom is 0.410 e. The molecule has 0 aliphatic carbocycles. The highest BCUT2D eigenvalue weighted by molar-refractivity contribution is 5.69. The Labute approximate surface area is 130 Å². The summed E-state index contributed by atoms with van der Waals surface area (Å²) >= 11 is 0. The lowest BCUT2D eigenvalue weighted by atomic mass is 9.84. The molecule has 116 valence electrons. The standard InChI is InChI=1S/C17H20N2O3/c18-9-8-17(21)10-14-6-7-15(11-17)19(14)16(20)22-12-13-4-2-1-3-5-13/h1-5,14-15,21H,6-8,10-12H2/t14-,15+,17?. The van der Waals surface area contributed by atoms with Gasteiger partial charge >= 0.3 is 6.09 Å². The molecule has 3 rings (SSSR count). The molecule has 2 aliphatic rings. The minimum atomic E-state index is -0.948. The van der Waals surface area contributed by atoms with Crippen molar-refractivity contribution in [1.29, 1.82) is 5.26 Å². The topological polar surface area (TPSA) is 73.6 Å². The molecule has 0 spiro atoms. The second kappa shape index (κ2) is 5.98. The number of hydrogen-bond acceptors (Lipinski definition) is 4. The van der Waals surface area contributed by atoms with Gasteiger partial charge in [0, 0.05) is 12.1 Å². The Balaban J connectivity index is 1.62. The molecule has 2 bridgehead atoms. The Kier molecular flexibility index (Phi) is 4.04. The zero-order chi connectivity index (χ0) is 15.6. The van der Waals surface area contributed by atoms with Crippen LogP contribution in [-0.4, -0.2) is 33.8 Å². The van der Waals surface area contributed by atoms with Crippen LogP contribution in [0.1, 0.15) is 37.7 Å². The number of aliphatic hydroxyl groups is 1. The molecular formula is C17H20N2O3. The van der Waals surface area contributed by atoms with Gasteiger partial charge in [-0.3, -0.25) is 0 Å². The summed E-state index contributed by atoms with van der Waals surface area (Å²) in [4.78, 5) is 14.1. The molecule has 0 saturated carbocycles. The van der Waals surface area contributed by atoms with E-state index in [1.807, 2.05) is 30.3 Å². The SMILES string of the molecule is N#CCC1(O)C[C@H]2CC[C@@H](C1)N2C(=O)OCc1ccccc1. The number of carbonyl (C=O) groups excluding carboxylic acids is 1. The van der Waals surface area contributed by atoms with Crippen LogP contribution in [-0.2, 0) is 11.3 Å². The summed E-state index contributed by atoms with van der Waals surface area (Å²) in [7, 11) is 0. The van der Waals surface area contributed by atoms with Crippen molar-refractivity contribution in [2.75, 3.05) is 0 Å². The quantitative estimate of drug-likeness (QED) is 0.931. The van der Waals surface area contributed by atoms with Gasteiger partial charge < -0.3 is 14.7 Å². The van der Waals surface area contributed by atoms with Crippen molar-refractivity contribution < 1.29 is 14.6 Å². The first kappa shape index (κ1) is 14.9. The number of hydrogen-bond donors (Lipinski definition) is 1. The third-order valence-corrected chi connectivity index (χ3v) is 4.68. The molecule has 22 heavy (non-hydrogen) atoms. The zero-order valence-electron chi connectivity index (χ0n) is 12.4. The van der Waals surface area contributed by atoms with Gasteiger partial charge in [0.05, 0.1) is 18.1 Å². The number of carbonyl (C=O) groups is 1. The zero-order valence-corrected chi connectivity index (χ0v) is 12.4. The molecule has 0 aromatic heterocycles. The molecule has 0 radical (unpaired) electrons. The first-order valence-corrected chi connectivity index (χ1v) is 7.70. The molecule has 2 heterocycles. The van der Waals surface area contributed by atoms with Crippen molar-refractivity contribution in [3.05, 3.63) is 35.9 Å². The second-order valence-electron chi connectivity index (χ2n) is 6.30. The lowest BCUT2D eigenvalue weighted by Crippen LogP contribution is -2.53. The first-order chi connectivity index (χ1) is 10.6. The summed E-state index contributed by atoms with van der Waals surface area (Å²) in [6.45, 7) is 0.262. The molecule has 1 N–H and O–H groups in total. The van der Waals surface area contributed by atoms with E-state index in [0.717, 1.165) is 18.4 Å². The molecule has 5 nitrogen and oxygen atoms in total. The van der Waals surface area contributed by atoms with Gasteiger partial charge in [0.25, 0.3) is 0 Å². The lowest BCUT2D eigenvalue weighted by molar-refractivity contribution is -0.0458. The first-order valence-electron chi connectivity index (χ1n) is 7.70. The Morgan fingerprint density at radius 2 is 1.95 bits per heavy atom. The molecule has 1 aromatic rings. The molecule has 3 atom stereocenters. The van der Waals surface area contributed by atoms with Gasteiger partial charge in [0.1, 0.15) is 6.61 Å². The van der Waals surface area contributed by atoms with Crippen molar-refractivity contribution in [3.63, 3.8) is 0 Å². The van der Waals surface area contributed by atoms with Crippen LogP contribution in [0.5, 0.6) is 0 Å². The van der Waals surface area contributed by atoms with E-state index in [-0.39, 0.29) is 31.2 Å². The number of rotatable bonds is 3. The molecule has 5 heteroatoms. The minimum absolute atomic E-state index is 0.0135. The van der Waals surface area contributed by atoms with Gasteiger partial charge in [-0.1, -0.05) is 30.3 Å². The average Bonchev–Trinajstić information content (AvgIpc) is 2.79. The normalized spacial score (nSPS) is 29.9. The van der Waals surface area contributed by atoms with E-state index in [0.29, 0.717) is 12.8 Å². The van der Waals surface area contributed by atoms with Crippen LogP contribution >= 0.6 is 0 Å². The van der Waals surface area contributed by atoms with Crippen molar-refractivity contribution in [1.82, 2.24) is 4.90 Å². The molecule has 1 unspecified atom stereocenters. The maximum absolute atomic E-state index is 12.4. The number of nitrogens with zero attached hydrogens (tertiary/aromatic N) is 2. The van der Waals surface area contributed by atoms with Crippen LogP contribution < -0.4 is 0 Å². The van der Waals surface area contributed by atoms with Gasteiger partial charge in [0.15, 0.2) is 0 Å². The number of amides is 1. The van der Waals surface area contributed by atoms with Crippen molar-refractivity contribution in [2.45, 2.75) is 56.4 Å². The van der Waals surface area contributed by atoms with Gasteiger partial charge in [-0.15, -0.1) is 0 Å². The smallest absolute Gasteiger partial charge is 0.410 e. The largest absolute Gasteiger partial charge is 0.445 e. The van der Waals surface area contributed by atoms with E-state index < -0.39 is 5.60 Å². The van der Waals surface area contributed by atoms with E-state index in [2.05, 4.69) is 6.07 Å². The fourth-order valence-electron chi connectivity index (χ4n) is 3.71. The summed E-state index contributed by atoms with van der Waals surface area (Å²) in [5.74, 6) is 0. The van der Waals surface area contributed by atoms with E-state index >= 15 is 0 Å². The van der Waals surface area contributed by atoms with Crippen LogP contribution in [0.4, 0.5) is 4.79 Å². The molecule has 1 amide bonds. The number of nitriles is 1. The van der Waals surface area contributed by atoms with Crippen molar-refractivity contribution in [2.24, 2.45) is 0 Å². The van der Waals surface area contributed by atoms with Crippen LogP contribution in [0.25, 0.3) is 0 Å². The minimum Gasteiger partial charge on any atom is -0.445 e. The number of fused-ring (bicyclic) bond motifs is 2. The number of piperidine rings is 1. The third-order valence-electron chi connectivity index (χ3n) is 4.68. The summed E-state index contributed by atoms with van der Waals surface area (Å²) < 4.78 is 5.42. The van der Waals surface area contributed by atoms with Crippen molar-refractivity contribution >= 4 is 6.09 Å². The highest BCUT2D eigenvalue weighted by atomic mass is 16.6. The highest BCUT2D eigenvalue weighted by Crippen LogP contribution is 2.42. The van der Waals surface area contributed by atoms with E-state index in [9.17, 15) is 9.90 Å². The molecule has 2 aliphatic heterocycles. The van der Waals surface area contributed by atoms with E-state index in [1.165, 1.54) is 0 Å². The summed E-state index contributed by atoms with van der Waals surface area (Å²) in [6, 6.07) is 11.6. The molecule has 1 aromatic carbocycles. The fraction of sp³-hybridized carbons (Fsp3) is 0.529. The Hall–Kier alpha value is -2.06. The Morgan fingerprint density at radius 1 is 1.32 bits per heavy atom. The maximum atomic E-state index is 12.4. The summed E-state index contributed by atoms with van der Waals surface area (Å²) in [6.07, 6.45) is 2.51. The highest BCUT2D eigenvalue weighted by Gasteiger charge is 2.49. The average molecular weight is 300 g/mol. The van der Waals surface area contributed by atoms with Crippen molar-refractivity contribution in [3.8, 4) is 6.07 Å². The van der Waals surface area contributed by atoms with Gasteiger partial charge in [0.2, 0.25) is 0 Å². The van der Waals surface area contributed by atoms with Crippen LogP contribution in [0, 0.1) is 11.3 Å². The van der Waals surface area contributed by atoms with Crippen LogP contribution in [0.2, 0.25) is 0 Å². The van der Waals surface area contributed by atoms with Gasteiger partial charge in [-0.2, -0.15) is 5.26 Å². The van der Waals surface area contributed by atoms with Crippen LogP contribution in [0.3, 0.4) is 0 Å². The monoisotopic (exact) mass is 300 g/mol. The third kappa shape index (κ3) is 2.93. The predicted octanol–water partition coefficient (Wildman–Crippen LogP) is 2.59. The number of ether oxygens (including phenoxy) is 1. The Morgan fingerprint density at radius 3 is 2.55 bits per heavy atom. The molecular weight excluding hydrogens is 280 g/mol. The predicted molar refractivity (Wildman–Crippen MR) is 79.7 cm³/mol. The molecule has 2 saturated heterocycles. The fourth-order valence-corrected chi connectivity index (χ4v) is 3.71. The summed E-state index contributed by atoms with van der Waals surface area (Å²) in [5, 5.41) is 19.3. The second-order valence-corrected chi connectivity index (χ2v) is 6.30. The molecule has 2 fully saturated rings.